The summed E-state index contributed by atoms with van der Waals surface area (Å²) in [5.74, 6) is 0.540. The summed E-state index contributed by atoms with van der Waals surface area (Å²) < 4.78 is 10.7. The Labute approximate surface area is 132 Å². The quantitative estimate of drug-likeness (QED) is 0.624. The molecule has 1 aromatic heterocycles. The van der Waals surface area contributed by atoms with Crippen molar-refractivity contribution < 1.29 is 13.9 Å². The molecule has 2 saturated carbocycles. The minimum Gasteiger partial charge on any atom is -0.458 e. The highest BCUT2D eigenvalue weighted by atomic mass is 35.5. The van der Waals surface area contributed by atoms with E-state index in [2.05, 4.69) is 0 Å². The highest BCUT2D eigenvalue weighted by Gasteiger charge is 2.42. The second kappa shape index (κ2) is 5.13. The zero-order chi connectivity index (χ0) is 15.3. The number of benzene rings is 1. The first-order valence-corrected chi connectivity index (χ1v) is 7.92. The highest BCUT2D eigenvalue weighted by Crippen LogP contribution is 2.46. The fourth-order valence-corrected chi connectivity index (χ4v) is 3.95. The molecular weight excluding hydrogens is 304 g/mol. The number of halogens is 1. The number of esters is 1. The van der Waals surface area contributed by atoms with Crippen molar-refractivity contribution >= 4 is 28.5 Å². The van der Waals surface area contributed by atoms with Gasteiger partial charge in [-0.1, -0.05) is 11.6 Å². The normalized spacial score (nSPS) is 26.5. The fourth-order valence-electron chi connectivity index (χ4n) is 3.77. The van der Waals surface area contributed by atoms with E-state index in [1.807, 2.05) is 0 Å². The average Bonchev–Trinajstić information content (AvgIpc) is 3.09. The molecule has 1 heterocycles. The summed E-state index contributed by atoms with van der Waals surface area (Å²) >= 11 is 5.93. The summed E-state index contributed by atoms with van der Waals surface area (Å²) in [4.78, 5) is 24.3. The van der Waals surface area contributed by atoms with Crippen molar-refractivity contribution in [3.05, 3.63) is 45.3 Å². The molecule has 22 heavy (non-hydrogen) atoms. The van der Waals surface area contributed by atoms with E-state index < -0.39 is 11.6 Å². The van der Waals surface area contributed by atoms with Gasteiger partial charge in [-0.25, -0.2) is 9.59 Å². The van der Waals surface area contributed by atoms with Gasteiger partial charge in [0.2, 0.25) is 0 Å². The second-order valence-corrected chi connectivity index (χ2v) is 6.68. The molecule has 2 fully saturated rings. The van der Waals surface area contributed by atoms with Crippen molar-refractivity contribution in [1.29, 1.82) is 0 Å². The average molecular weight is 319 g/mol. The van der Waals surface area contributed by atoms with Crippen molar-refractivity contribution in [1.82, 2.24) is 0 Å². The fraction of sp³-hybridized carbons (Fsp3) is 0.412. The Morgan fingerprint density at radius 2 is 2.09 bits per heavy atom. The van der Waals surface area contributed by atoms with Crippen LogP contribution in [0.25, 0.3) is 11.0 Å². The van der Waals surface area contributed by atoms with Crippen LogP contribution in [0.15, 0.2) is 33.5 Å². The van der Waals surface area contributed by atoms with Crippen LogP contribution in [0.5, 0.6) is 0 Å². The molecule has 2 aliphatic carbocycles. The molecule has 0 saturated heterocycles. The van der Waals surface area contributed by atoms with E-state index in [4.69, 9.17) is 20.8 Å². The molecule has 0 N–H and O–H groups in total. The van der Waals surface area contributed by atoms with Crippen molar-refractivity contribution in [2.45, 2.75) is 31.8 Å². The molecule has 4 nitrogen and oxygen atoms in total. The maximum Gasteiger partial charge on any atom is 0.351 e. The van der Waals surface area contributed by atoms with Gasteiger partial charge >= 0.3 is 11.6 Å². The van der Waals surface area contributed by atoms with Crippen molar-refractivity contribution in [2.75, 3.05) is 0 Å². The molecule has 0 radical (unpaired) electrons. The van der Waals surface area contributed by atoms with E-state index in [9.17, 15) is 9.59 Å². The van der Waals surface area contributed by atoms with Gasteiger partial charge < -0.3 is 9.15 Å². The SMILES string of the molecule is O=C(O[C@@H]1C[C@H]2CC[C@H]1C2)c1cc2cc(Cl)ccc2oc1=O. The topological polar surface area (TPSA) is 56.5 Å². The van der Waals surface area contributed by atoms with Crippen molar-refractivity contribution in [2.24, 2.45) is 11.8 Å². The standard InChI is InChI=1S/C17H15ClO4/c18-12-3-4-14-11(7-12)8-13(16(19)21-14)17(20)22-15-6-9-1-2-10(15)5-9/h3-4,7-10,15H,1-2,5-6H2/t9-,10-,15+/m0/s1. The van der Waals surface area contributed by atoms with Gasteiger partial charge in [-0.15, -0.1) is 0 Å². The summed E-state index contributed by atoms with van der Waals surface area (Å²) in [6.07, 6.45) is 4.35. The number of hydrogen-bond acceptors (Lipinski definition) is 4. The van der Waals surface area contributed by atoms with Crippen LogP contribution in [-0.2, 0) is 4.74 Å². The summed E-state index contributed by atoms with van der Waals surface area (Å²) in [5.41, 5.74) is -0.314. The Morgan fingerprint density at radius 1 is 1.23 bits per heavy atom. The lowest BCUT2D eigenvalue weighted by Gasteiger charge is -2.21. The van der Waals surface area contributed by atoms with E-state index in [0.29, 0.717) is 27.8 Å². The van der Waals surface area contributed by atoms with Gasteiger partial charge in [-0.3, -0.25) is 0 Å². The van der Waals surface area contributed by atoms with Crippen LogP contribution in [0, 0.1) is 11.8 Å². The van der Waals surface area contributed by atoms with Gasteiger partial charge in [0.1, 0.15) is 17.3 Å². The van der Waals surface area contributed by atoms with Crippen LogP contribution in [0.2, 0.25) is 5.02 Å². The van der Waals surface area contributed by atoms with Gasteiger partial charge in [0.15, 0.2) is 0 Å². The van der Waals surface area contributed by atoms with Crippen molar-refractivity contribution in [3.8, 4) is 0 Å². The van der Waals surface area contributed by atoms with Crippen molar-refractivity contribution in [3.63, 3.8) is 0 Å². The number of carbonyl (C=O) groups is 1. The molecule has 114 valence electrons. The lowest BCUT2D eigenvalue weighted by Crippen LogP contribution is -2.26. The first-order valence-electron chi connectivity index (χ1n) is 7.54. The Morgan fingerprint density at radius 3 is 2.82 bits per heavy atom. The third-order valence-electron chi connectivity index (χ3n) is 4.85. The molecule has 3 atom stereocenters. The zero-order valence-electron chi connectivity index (χ0n) is 11.9. The maximum absolute atomic E-state index is 12.3. The maximum atomic E-state index is 12.3. The zero-order valence-corrected chi connectivity index (χ0v) is 12.6. The summed E-state index contributed by atoms with van der Waals surface area (Å²) in [6.45, 7) is 0. The largest absolute Gasteiger partial charge is 0.458 e. The smallest absolute Gasteiger partial charge is 0.351 e. The number of hydrogen-bond donors (Lipinski definition) is 0. The Bertz CT molecular complexity index is 810. The van der Waals surface area contributed by atoms with Gasteiger partial charge in [-0.2, -0.15) is 0 Å². The van der Waals surface area contributed by atoms with E-state index in [0.717, 1.165) is 19.3 Å². The molecule has 0 spiro atoms. The monoisotopic (exact) mass is 318 g/mol. The summed E-state index contributed by atoms with van der Waals surface area (Å²) in [6, 6.07) is 6.42. The molecule has 4 rings (SSSR count). The molecule has 5 heteroatoms. The van der Waals surface area contributed by atoms with E-state index >= 15 is 0 Å². The minimum absolute atomic E-state index is 0.0549. The third-order valence-corrected chi connectivity index (χ3v) is 5.08. The Kier molecular flexibility index (Phi) is 3.22. The van der Waals surface area contributed by atoms with Crippen LogP contribution in [0.3, 0.4) is 0 Å². The third kappa shape index (κ3) is 2.31. The molecular formula is C17H15ClO4. The van der Waals surface area contributed by atoms with E-state index in [-0.39, 0.29) is 11.7 Å². The van der Waals surface area contributed by atoms with Crippen LogP contribution < -0.4 is 5.63 Å². The van der Waals surface area contributed by atoms with Crippen LogP contribution in [0.1, 0.15) is 36.0 Å². The second-order valence-electron chi connectivity index (χ2n) is 6.25. The predicted molar refractivity (Wildman–Crippen MR) is 82.1 cm³/mol. The Hall–Kier alpha value is -1.81. The van der Waals surface area contributed by atoms with Gasteiger partial charge in [-0.05, 0) is 61.8 Å². The minimum atomic E-state index is -0.664. The molecule has 0 unspecified atom stereocenters. The van der Waals surface area contributed by atoms with Gasteiger partial charge in [0, 0.05) is 10.4 Å². The van der Waals surface area contributed by atoms with Crippen LogP contribution >= 0.6 is 11.6 Å². The molecule has 2 aliphatic rings. The van der Waals surface area contributed by atoms with Gasteiger partial charge in [0.25, 0.3) is 0 Å². The van der Waals surface area contributed by atoms with E-state index in [1.54, 1.807) is 18.2 Å². The molecule has 1 aromatic carbocycles. The lowest BCUT2D eigenvalue weighted by molar-refractivity contribution is 0.0154. The highest BCUT2D eigenvalue weighted by molar-refractivity contribution is 6.31. The molecule has 0 amide bonds. The van der Waals surface area contributed by atoms with Crippen LogP contribution in [0.4, 0.5) is 0 Å². The molecule has 2 aromatic rings. The first kappa shape index (κ1) is 13.8. The Balaban J connectivity index is 1.63. The lowest BCUT2D eigenvalue weighted by atomic mass is 9.98. The van der Waals surface area contributed by atoms with Gasteiger partial charge in [0.05, 0.1) is 0 Å². The number of carbonyl (C=O) groups excluding carboxylic acids is 1. The predicted octanol–water partition coefficient (Wildman–Crippen LogP) is 3.79. The molecule has 2 bridgehead atoms. The number of fused-ring (bicyclic) bond motifs is 3. The number of ether oxygens (including phenoxy) is 1. The summed E-state index contributed by atoms with van der Waals surface area (Å²) in [5, 5.41) is 1.14. The van der Waals surface area contributed by atoms with Crippen LogP contribution in [-0.4, -0.2) is 12.1 Å². The summed E-state index contributed by atoms with van der Waals surface area (Å²) in [7, 11) is 0. The first-order chi connectivity index (χ1) is 10.6. The number of rotatable bonds is 2. The van der Waals surface area contributed by atoms with E-state index in [1.165, 1.54) is 12.5 Å². The molecule has 0 aliphatic heterocycles.